The van der Waals surface area contributed by atoms with Gasteiger partial charge >= 0.3 is 17.9 Å². The van der Waals surface area contributed by atoms with Crippen LogP contribution in [0, 0.1) is 0 Å². The Balaban J connectivity index is 4.12. The third kappa shape index (κ3) is 65.7. The molecule has 80 heavy (non-hydrogen) atoms. The van der Waals surface area contributed by atoms with E-state index in [2.05, 4.69) is 93.7 Å². The topological polar surface area (TPSA) is 78.9 Å². The summed E-state index contributed by atoms with van der Waals surface area (Å²) in [7, 11) is 0. The van der Waals surface area contributed by atoms with Crippen molar-refractivity contribution in [1.29, 1.82) is 0 Å². The predicted octanol–water partition coefficient (Wildman–Crippen LogP) is 24.1. The van der Waals surface area contributed by atoms with Crippen LogP contribution >= 0.6 is 0 Å². The van der Waals surface area contributed by atoms with Crippen LogP contribution in [0.3, 0.4) is 0 Å². The minimum atomic E-state index is -0.779. The van der Waals surface area contributed by atoms with Crippen LogP contribution in [-0.2, 0) is 28.6 Å². The molecular weight excluding hydrogens is 985 g/mol. The zero-order valence-corrected chi connectivity index (χ0v) is 53.3. The monoisotopic (exact) mass is 1120 g/mol. The molecule has 1 atom stereocenters. The number of rotatable bonds is 64. The Hall–Kier alpha value is -3.15. The lowest BCUT2D eigenvalue weighted by Crippen LogP contribution is -2.30. The first kappa shape index (κ1) is 76.9. The van der Waals surface area contributed by atoms with Gasteiger partial charge in [-0.1, -0.05) is 306 Å². The summed E-state index contributed by atoms with van der Waals surface area (Å²) < 4.78 is 16.9. The van der Waals surface area contributed by atoms with Gasteiger partial charge in [-0.05, 0) is 109 Å². The van der Waals surface area contributed by atoms with Gasteiger partial charge in [0.15, 0.2) is 6.10 Å². The van der Waals surface area contributed by atoms with Crippen LogP contribution in [0.15, 0.2) is 72.9 Å². The fraction of sp³-hybridized carbons (Fsp3) is 0.797. The van der Waals surface area contributed by atoms with Crippen molar-refractivity contribution in [1.82, 2.24) is 0 Å². The van der Waals surface area contributed by atoms with Crippen molar-refractivity contribution in [2.45, 2.75) is 367 Å². The van der Waals surface area contributed by atoms with Crippen molar-refractivity contribution < 1.29 is 28.6 Å². The van der Waals surface area contributed by atoms with Crippen LogP contribution in [-0.4, -0.2) is 37.2 Å². The molecule has 0 N–H and O–H groups in total. The number of carbonyl (C=O) groups excluding carboxylic acids is 3. The Kier molecular flexibility index (Phi) is 65.7. The van der Waals surface area contributed by atoms with E-state index in [4.69, 9.17) is 14.2 Å². The average Bonchev–Trinajstić information content (AvgIpc) is 3.46. The second-order valence-electron chi connectivity index (χ2n) is 23.4. The van der Waals surface area contributed by atoms with Gasteiger partial charge in [-0.3, -0.25) is 14.4 Å². The minimum Gasteiger partial charge on any atom is -0.462 e. The Labute approximate surface area is 497 Å². The van der Waals surface area contributed by atoms with Gasteiger partial charge < -0.3 is 14.2 Å². The molecule has 0 fully saturated rings. The number of hydrogen-bond acceptors (Lipinski definition) is 6. The molecule has 0 aromatic rings. The molecule has 6 nitrogen and oxygen atoms in total. The third-order valence-electron chi connectivity index (χ3n) is 15.4. The minimum absolute atomic E-state index is 0.0750. The highest BCUT2D eigenvalue weighted by Gasteiger charge is 2.19. The predicted molar refractivity (Wildman–Crippen MR) is 348 cm³/mol. The number of esters is 3. The third-order valence-corrected chi connectivity index (χ3v) is 15.4. The summed E-state index contributed by atoms with van der Waals surface area (Å²) in [6.45, 7) is 6.53. The summed E-state index contributed by atoms with van der Waals surface area (Å²) in [4.78, 5) is 38.3. The van der Waals surface area contributed by atoms with E-state index in [0.717, 1.165) is 89.9 Å². The first-order valence-corrected chi connectivity index (χ1v) is 34.9. The SMILES string of the molecule is CC/C=C\C/C=C\C/C=C\C/C=C\CCCCCCCCCCCCCCCCCCCCCCC(=O)OCC(COC(=O)CCCCCCC/C=C\CCCCC)OC(=O)CCCCCCCCC/C=C\CCCCCCCC. The molecule has 6 heteroatoms. The number of allylic oxidation sites excluding steroid dienone is 12. The molecule has 0 saturated heterocycles. The number of hydrogen-bond donors (Lipinski definition) is 0. The van der Waals surface area contributed by atoms with Gasteiger partial charge in [-0.25, -0.2) is 0 Å². The summed E-state index contributed by atoms with van der Waals surface area (Å²) in [6.07, 6.45) is 89.4. The lowest BCUT2D eigenvalue weighted by atomic mass is 10.0. The summed E-state index contributed by atoms with van der Waals surface area (Å²) in [5.74, 6) is -0.869. The van der Waals surface area contributed by atoms with Gasteiger partial charge in [0.1, 0.15) is 13.2 Å². The summed E-state index contributed by atoms with van der Waals surface area (Å²) in [5, 5.41) is 0. The molecule has 0 radical (unpaired) electrons. The molecule has 0 heterocycles. The Morgan fingerprint density at radius 1 is 0.263 bits per heavy atom. The standard InChI is InChI=1S/C74H132O6/c1-4-7-10-13-16-19-22-25-27-29-30-31-32-33-34-35-36-37-38-39-40-41-42-43-44-46-47-49-52-55-58-61-64-67-73(76)79-70-71(69-78-72(75)66-63-60-57-54-51-24-21-18-15-12-9-6-3)80-74(77)68-65-62-59-56-53-50-48-45-28-26-23-20-17-14-11-8-5-2/h7,10,16,18-19,21,25-28,30-31,71H,4-6,8-9,11-15,17,20,22-24,29,32-70H2,1-3H3/b10-7-,19-16-,21-18-,27-25-,28-26-,31-30-. The van der Waals surface area contributed by atoms with Gasteiger partial charge in [0, 0.05) is 19.3 Å². The van der Waals surface area contributed by atoms with Crippen LogP contribution in [0.2, 0.25) is 0 Å². The second kappa shape index (κ2) is 68.3. The maximum absolute atomic E-state index is 12.9. The molecule has 464 valence electrons. The lowest BCUT2D eigenvalue weighted by Gasteiger charge is -2.18. The molecule has 0 spiro atoms. The molecule has 0 rings (SSSR count). The summed E-state index contributed by atoms with van der Waals surface area (Å²) in [6, 6.07) is 0. The first-order chi connectivity index (χ1) is 39.5. The fourth-order valence-electron chi connectivity index (χ4n) is 10.2. The quantitative estimate of drug-likeness (QED) is 0.0261. The molecule has 0 saturated carbocycles. The van der Waals surface area contributed by atoms with Crippen LogP contribution in [0.1, 0.15) is 361 Å². The van der Waals surface area contributed by atoms with E-state index in [1.54, 1.807) is 0 Å². The van der Waals surface area contributed by atoms with Crippen molar-refractivity contribution >= 4 is 17.9 Å². The van der Waals surface area contributed by atoms with Gasteiger partial charge in [0.05, 0.1) is 0 Å². The van der Waals surface area contributed by atoms with Crippen molar-refractivity contribution in [3.05, 3.63) is 72.9 Å². The van der Waals surface area contributed by atoms with E-state index in [-0.39, 0.29) is 31.1 Å². The second-order valence-corrected chi connectivity index (χ2v) is 23.4. The molecule has 0 aliphatic carbocycles. The highest BCUT2D eigenvalue weighted by Crippen LogP contribution is 2.18. The number of unbranched alkanes of at least 4 members (excludes halogenated alkanes) is 41. The van der Waals surface area contributed by atoms with Gasteiger partial charge in [0.25, 0.3) is 0 Å². The van der Waals surface area contributed by atoms with Crippen molar-refractivity contribution in [3.63, 3.8) is 0 Å². The van der Waals surface area contributed by atoms with Crippen molar-refractivity contribution in [2.24, 2.45) is 0 Å². The van der Waals surface area contributed by atoms with E-state index in [0.29, 0.717) is 19.3 Å². The maximum Gasteiger partial charge on any atom is 0.306 e. The van der Waals surface area contributed by atoms with Crippen LogP contribution in [0.5, 0.6) is 0 Å². The molecular formula is C74H132O6. The summed E-state index contributed by atoms with van der Waals surface area (Å²) >= 11 is 0. The van der Waals surface area contributed by atoms with E-state index in [1.807, 2.05) is 0 Å². The smallest absolute Gasteiger partial charge is 0.306 e. The Bertz CT molecular complexity index is 1470. The fourth-order valence-corrected chi connectivity index (χ4v) is 10.2. The zero-order valence-electron chi connectivity index (χ0n) is 53.3. The Morgan fingerprint density at radius 3 is 0.800 bits per heavy atom. The molecule has 1 unspecified atom stereocenters. The van der Waals surface area contributed by atoms with Gasteiger partial charge in [-0.2, -0.15) is 0 Å². The molecule has 0 aliphatic heterocycles. The zero-order chi connectivity index (χ0) is 57.8. The molecule has 0 amide bonds. The van der Waals surface area contributed by atoms with Crippen LogP contribution in [0.4, 0.5) is 0 Å². The van der Waals surface area contributed by atoms with Gasteiger partial charge in [0.2, 0.25) is 0 Å². The number of ether oxygens (including phenoxy) is 3. The van der Waals surface area contributed by atoms with Crippen molar-refractivity contribution in [2.75, 3.05) is 13.2 Å². The molecule has 0 aliphatic rings. The molecule has 0 aromatic heterocycles. The molecule has 0 aromatic carbocycles. The van der Waals surface area contributed by atoms with E-state index < -0.39 is 6.10 Å². The summed E-state index contributed by atoms with van der Waals surface area (Å²) in [5.41, 5.74) is 0. The normalized spacial score (nSPS) is 12.5. The highest BCUT2D eigenvalue weighted by molar-refractivity contribution is 5.71. The van der Waals surface area contributed by atoms with Crippen LogP contribution < -0.4 is 0 Å². The molecule has 0 bridgehead atoms. The van der Waals surface area contributed by atoms with Crippen molar-refractivity contribution in [3.8, 4) is 0 Å². The highest BCUT2D eigenvalue weighted by atomic mass is 16.6. The lowest BCUT2D eigenvalue weighted by molar-refractivity contribution is -0.167. The largest absolute Gasteiger partial charge is 0.462 e. The van der Waals surface area contributed by atoms with Gasteiger partial charge in [-0.15, -0.1) is 0 Å². The van der Waals surface area contributed by atoms with E-state index in [1.165, 1.54) is 231 Å². The van der Waals surface area contributed by atoms with E-state index in [9.17, 15) is 14.4 Å². The van der Waals surface area contributed by atoms with Crippen LogP contribution in [0.25, 0.3) is 0 Å². The Morgan fingerprint density at radius 2 is 0.487 bits per heavy atom. The average molecular weight is 1120 g/mol. The maximum atomic E-state index is 12.9. The first-order valence-electron chi connectivity index (χ1n) is 34.9. The number of carbonyl (C=O) groups is 3. The van der Waals surface area contributed by atoms with E-state index >= 15 is 0 Å².